The SMILES string of the molecule is Cc1nc(C(=O)Nc2ccc(F)c([C@@]3(C(F)F)N=C(N)O[C@H](F)[C@@H]3C)c2)ccc1OCF. The second-order valence-corrected chi connectivity index (χ2v) is 7.02. The molecule has 3 atom stereocenters. The number of amides is 1. The lowest BCUT2D eigenvalue weighted by molar-refractivity contribution is -0.0914. The third-order valence-electron chi connectivity index (χ3n) is 5.08. The monoisotopic (exact) mass is 458 g/mol. The maximum absolute atomic E-state index is 14.6. The van der Waals surface area contributed by atoms with Crippen molar-refractivity contribution in [2.75, 3.05) is 12.2 Å². The molecular weight excluding hydrogens is 439 g/mol. The van der Waals surface area contributed by atoms with Gasteiger partial charge in [0.1, 0.15) is 17.3 Å². The Labute approximate surface area is 179 Å². The Morgan fingerprint density at radius 1 is 1.34 bits per heavy atom. The van der Waals surface area contributed by atoms with E-state index in [1.165, 1.54) is 19.1 Å². The molecule has 0 saturated carbocycles. The van der Waals surface area contributed by atoms with E-state index >= 15 is 0 Å². The third kappa shape index (κ3) is 4.16. The highest BCUT2D eigenvalue weighted by atomic mass is 19.3. The van der Waals surface area contributed by atoms with Crippen molar-refractivity contribution in [2.24, 2.45) is 16.6 Å². The van der Waals surface area contributed by atoms with Crippen molar-refractivity contribution in [3.63, 3.8) is 0 Å². The Balaban J connectivity index is 1.97. The number of amidine groups is 1. The van der Waals surface area contributed by atoms with E-state index in [1.54, 1.807) is 0 Å². The van der Waals surface area contributed by atoms with Gasteiger partial charge in [0.15, 0.2) is 5.54 Å². The number of nitrogens with zero attached hydrogens (tertiary/aromatic N) is 2. The Morgan fingerprint density at radius 2 is 2.06 bits per heavy atom. The van der Waals surface area contributed by atoms with Gasteiger partial charge >= 0.3 is 0 Å². The molecule has 32 heavy (non-hydrogen) atoms. The number of halogens is 5. The van der Waals surface area contributed by atoms with Crippen molar-refractivity contribution in [1.29, 1.82) is 0 Å². The van der Waals surface area contributed by atoms with Gasteiger partial charge in [0.2, 0.25) is 13.2 Å². The normalized spacial score (nSPS) is 22.8. The van der Waals surface area contributed by atoms with E-state index in [1.807, 2.05) is 0 Å². The van der Waals surface area contributed by atoms with Gasteiger partial charge in [-0.3, -0.25) is 4.79 Å². The number of pyridine rings is 1. The van der Waals surface area contributed by atoms with Crippen LogP contribution in [0.25, 0.3) is 0 Å². The van der Waals surface area contributed by atoms with Crippen LogP contribution in [0.5, 0.6) is 5.75 Å². The van der Waals surface area contributed by atoms with Crippen molar-refractivity contribution in [3.8, 4) is 5.75 Å². The largest absolute Gasteiger partial charge is 0.461 e. The number of alkyl halides is 4. The highest BCUT2D eigenvalue weighted by Crippen LogP contribution is 2.46. The van der Waals surface area contributed by atoms with Crippen LogP contribution >= 0.6 is 0 Å². The summed E-state index contributed by atoms with van der Waals surface area (Å²) in [7, 11) is 0. The maximum Gasteiger partial charge on any atom is 0.285 e. The molecule has 0 fully saturated rings. The number of hydrogen-bond donors (Lipinski definition) is 2. The van der Waals surface area contributed by atoms with E-state index in [0.29, 0.717) is 0 Å². The fourth-order valence-electron chi connectivity index (χ4n) is 3.39. The quantitative estimate of drug-likeness (QED) is 0.642. The van der Waals surface area contributed by atoms with E-state index in [2.05, 4.69) is 20.0 Å². The number of anilines is 1. The summed E-state index contributed by atoms with van der Waals surface area (Å²) in [5.41, 5.74) is 2.09. The number of aliphatic imine (C=N–C) groups is 1. The second-order valence-electron chi connectivity index (χ2n) is 7.02. The molecule has 1 amide bonds. The highest BCUT2D eigenvalue weighted by molar-refractivity contribution is 6.03. The van der Waals surface area contributed by atoms with Crippen LogP contribution in [0.3, 0.4) is 0 Å². The molecule has 1 aliphatic heterocycles. The topological polar surface area (TPSA) is 98.8 Å². The summed E-state index contributed by atoms with van der Waals surface area (Å²) in [5, 5.41) is 2.40. The van der Waals surface area contributed by atoms with Gasteiger partial charge in [-0.25, -0.2) is 31.9 Å². The van der Waals surface area contributed by atoms with Gasteiger partial charge in [-0.15, -0.1) is 0 Å². The zero-order valence-corrected chi connectivity index (χ0v) is 16.9. The lowest BCUT2D eigenvalue weighted by atomic mass is 9.78. The molecule has 2 heterocycles. The summed E-state index contributed by atoms with van der Waals surface area (Å²) in [6.07, 6.45) is -5.60. The first-order valence-electron chi connectivity index (χ1n) is 9.32. The van der Waals surface area contributed by atoms with E-state index in [0.717, 1.165) is 25.1 Å². The van der Waals surface area contributed by atoms with Crippen molar-refractivity contribution >= 4 is 17.6 Å². The maximum atomic E-state index is 14.6. The van der Waals surface area contributed by atoms with Gasteiger partial charge in [0.05, 0.1) is 11.6 Å². The fourth-order valence-corrected chi connectivity index (χ4v) is 3.39. The van der Waals surface area contributed by atoms with Crippen LogP contribution in [-0.2, 0) is 10.3 Å². The summed E-state index contributed by atoms with van der Waals surface area (Å²) in [6.45, 7) is 1.51. The van der Waals surface area contributed by atoms with Gasteiger partial charge in [-0.2, -0.15) is 0 Å². The van der Waals surface area contributed by atoms with Gasteiger partial charge in [-0.1, -0.05) is 6.92 Å². The molecule has 1 aliphatic rings. The van der Waals surface area contributed by atoms with E-state index in [-0.39, 0.29) is 22.8 Å². The Hall–Kier alpha value is -3.44. The number of hydrogen-bond acceptors (Lipinski definition) is 6. The van der Waals surface area contributed by atoms with Crippen LogP contribution in [-0.4, -0.2) is 36.6 Å². The van der Waals surface area contributed by atoms with Crippen molar-refractivity contribution in [1.82, 2.24) is 4.98 Å². The fraction of sp³-hybridized carbons (Fsp3) is 0.350. The number of rotatable bonds is 6. The average Bonchev–Trinajstić information content (AvgIpc) is 2.73. The van der Waals surface area contributed by atoms with Gasteiger partial charge in [0, 0.05) is 11.3 Å². The lowest BCUT2D eigenvalue weighted by Gasteiger charge is -2.40. The Kier molecular flexibility index (Phi) is 6.51. The summed E-state index contributed by atoms with van der Waals surface area (Å²) >= 11 is 0. The lowest BCUT2D eigenvalue weighted by Crippen LogP contribution is -2.50. The molecule has 1 aromatic heterocycles. The zero-order valence-electron chi connectivity index (χ0n) is 16.9. The minimum atomic E-state index is -3.34. The summed E-state index contributed by atoms with van der Waals surface area (Å²) in [4.78, 5) is 20.1. The zero-order chi connectivity index (χ0) is 23.6. The van der Waals surface area contributed by atoms with Crippen molar-refractivity contribution in [2.45, 2.75) is 32.2 Å². The highest BCUT2D eigenvalue weighted by Gasteiger charge is 2.55. The molecule has 0 aliphatic carbocycles. The van der Waals surface area contributed by atoms with Crippen molar-refractivity contribution < 1.29 is 36.2 Å². The first kappa shape index (κ1) is 23.2. The third-order valence-corrected chi connectivity index (χ3v) is 5.08. The van der Waals surface area contributed by atoms with Crippen LogP contribution in [0.2, 0.25) is 0 Å². The smallest absolute Gasteiger partial charge is 0.285 e. The van der Waals surface area contributed by atoms with Crippen LogP contribution in [0.15, 0.2) is 35.3 Å². The van der Waals surface area contributed by atoms with Crippen LogP contribution in [0.4, 0.5) is 27.6 Å². The first-order chi connectivity index (χ1) is 15.1. The van der Waals surface area contributed by atoms with Crippen LogP contribution in [0.1, 0.15) is 28.7 Å². The molecule has 12 heteroatoms. The van der Waals surface area contributed by atoms with E-state index in [9.17, 15) is 26.7 Å². The number of ether oxygens (including phenoxy) is 2. The number of carbonyl (C=O) groups excluding carboxylic acids is 1. The number of nitrogens with one attached hydrogen (secondary N) is 1. The Bertz CT molecular complexity index is 1050. The molecule has 1 aromatic carbocycles. The molecule has 2 aromatic rings. The van der Waals surface area contributed by atoms with Gasteiger partial charge in [0.25, 0.3) is 18.4 Å². The minimum Gasteiger partial charge on any atom is -0.461 e. The van der Waals surface area contributed by atoms with Gasteiger partial charge in [-0.05, 0) is 37.3 Å². The summed E-state index contributed by atoms with van der Waals surface area (Å²) in [6, 6.07) is 4.65. The number of aryl methyl sites for hydroxylation is 1. The molecule has 0 bridgehead atoms. The molecule has 172 valence electrons. The van der Waals surface area contributed by atoms with Crippen molar-refractivity contribution in [3.05, 3.63) is 53.1 Å². The first-order valence-corrected chi connectivity index (χ1v) is 9.32. The number of nitrogens with two attached hydrogens (primary N) is 1. The van der Waals surface area contributed by atoms with E-state index < -0.39 is 54.4 Å². The molecule has 0 saturated heterocycles. The molecule has 3 N–H and O–H groups in total. The predicted octanol–water partition coefficient (Wildman–Crippen LogP) is 3.82. The molecule has 7 nitrogen and oxygen atoms in total. The molecule has 0 radical (unpaired) electrons. The number of carbonyl (C=O) groups is 1. The Morgan fingerprint density at radius 3 is 2.69 bits per heavy atom. The van der Waals surface area contributed by atoms with E-state index in [4.69, 9.17) is 10.5 Å². The minimum absolute atomic E-state index is 0.0714. The standard InChI is InChI=1S/C20H19F5N4O3/c1-9-16(23)32-19(26)29-20(9,18(24)25)12-7-11(3-4-13(12)22)28-17(30)14-5-6-15(31-8-21)10(2)27-14/h3-7,9,16,18H,8H2,1-2H3,(H2,26,29)(H,28,30)/t9-,16-,20-/m0/s1. The number of benzene rings is 1. The summed E-state index contributed by atoms with van der Waals surface area (Å²) in [5.74, 6) is -3.31. The average molecular weight is 458 g/mol. The predicted molar refractivity (Wildman–Crippen MR) is 104 cm³/mol. The van der Waals surface area contributed by atoms with Gasteiger partial charge < -0.3 is 20.5 Å². The molecule has 3 rings (SSSR count). The van der Waals surface area contributed by atoms with Crippen LogP contribution < -0.4 is 15.8 Å². The molecular formula is C20H19F5N4O3. The molecule has 0 spiro atoms. The summed E-state index contributed by atoms with van der Waals surface area (Å²) < 4.78 is 78.7. The second kappa shape index (κ2) is 8.97. The number of aromatic nitrogens is 1. The van der Waals surface area contributed by atoms with Crippen LogP contribution in [0, 0.1) is 18.7 Å². The molecule has 0 unspecified atom stereocenters.